The van der Waals surface area contributed by atoms with Gasteiger partial charge < -0.3 is 0 Å². The van der Waals surface area contributed by atoms with Crippen molar-refractivity contribution in [2.24, 2.45) is 0 Å². The van der Waals surface area contributed by atoms with Gasteiger partial charge in [0.1, 0.15) is 0 Å². The van der Waals surface area contributed by atoms with Crippen LogP contribution in [0.5, 0.6) is 0 Å². The second-order valence-corrected chi connectivity index (χ2v) is 7.83. The van der Waals surface area contributed by atoms with E-state index in [1.807, 2.05) is 0 Å². The van der Waals surface area contributed by atoms with Gasteiger partial charge >= 0.3 is 5.51 Å². The van der Waals surface area contributed by atoms with Crippen molar-refractivity contribution in [3.63, 3.8) is 0 Å². The van der Waals surface area contributed by atoms with Crippen molar-refractivity contribution in [3.8, 4) is 0 Å². The summed E-state index contributed by atoms with van der Waals surface area (Å²) in [6.45, 7) is 3.52. The summed E-state index contributed by atoms with van der Waals surface area (Å²) >= 11 is 0. The van der Waals surface area contributed by atoms with Gasteiger partial charge in [0, 0.05) is 4.90 Å². The average molecular weight is 281 g/mol. The van der Waals surface area contributed by atoms with E-state index in [0.29, 0.717) is 16.9 Å². The number of halogens is 4. The van der Waals surface area contributed by atoms with Crippen molar-refractivity contribution in [1.29, 1.82) is 0 Å². The van der Waals surface area contributed by atoms with Crippen LogP contribution in [0.2, 0.25) is 0 Å². The van der Waals surface area contributed by atoms with Crippen LogP contribution in [0.4, 0.5) is 13.2 Å². The van der Waals surface area contributed by atoms with Gasteiger partial charge in [-0.15, -0.1) is 0 Å². The second kappa shape index (κ2) is 3.95. The molecule has 5 heteroatoms. The van der Waals surface area contributed by atoms with Crippen LogP contribution in [0.15, 0.2) is 28.0 Å². The molecule has 1 aliphatic heterocycles. The molecule has 0 saturated carbocycles. The highest BCUT2D eigenvalue weighted by Gasteiger charge is 2.55. The van der Waals surface area contributed by atoms with Gasteiger partial charge in [-0.3, -0.25) is 0 Å². The number of aryl methyl sites for hydroxylation is 1. The highest BCUT2D eigenvalue weighted by atomic mass is 35.7. The molecule has 0 saturated heterocycles. The van der Waals surface area contributed by atoms with E-state index >= 15 is 0 Å². The molecule has 0 N–H and O–H groups in total. The molecular formula is C12H12ClF3S. The normalized spacial score (nSPS) is 27.3. The van der Waals surface area contributed by atoms with Crippen LogP contribution >= 0.6 is 19.9 Å². The molecule has 0 radical (unpaired) electrons. The van der Waals surface area contributed by atoms with Gasteiger partial charge in [0.2, 0.25) is 0 Å². The summed E-state index contributed by atoms with van der Waals surface area (Å²) in [5.74, 6) is 0. The maximum absolute atomic E-state index is 13.3. The summed E-state index contributed by atoms with van der Waals surface area (Å²) in [5.41, 5.74) is -2.91. The van der Waals surface area contributed by atoms with Gasteiger partial charge in [-0.05, 0) is 61.4 Å². The quantitative estimate of drug-likeness (QED) is 0.628. The molecule has 1 aromatic carbocycles. The lowest BCUT2D eigenvalue weighted by Gasteiger charge is -2.34. The molecular weight excluding hydrogens is 269 g/mol. The van der Waals surface area contributed by atoms with E-state index in [9.17, 15) is 13.2 Å². The van der Waals surface area contributed by atoms with E-state index in [1.165, 1.54) is 6.07 Å². The smallest absolute Gasteiger partial charge is 0.160 e. The summed E-state index contributed by atoms with van der Waals surface area (Å²) in [5, 5.41) is 0. The van der Waals surface area contributed by atoms with Gasteiger partial charge in [0.25, 0.3) is 0 Å². The van der Waals surface area contributed by atoms with Crippen molar-refractivity contribution in [1.82, 2.24) is 0 Å². The molecule has 1 atom stereocenters. The molecule has 1 unspecified atom stereocenters. The molecule has 1 aromatic rings. The minimum Gasteiger partial charge on any atom is -0.160 e. The Morgan fingerprint density at radius 2 is 1.94 bits per heavy atom. The lowest BCUT2D eigenvalue weighted by Crippen LogP contribution is -2.16. The van der Waals surface area contributed by atoms with Crippen LogP contribution in [0, 0.1) is 6.92 Å². The van der Waals surface area contributed by atoms with E-state index in [-0.39, 0.29) is 4.90 Å². The number of hydrogen-bond donors (Lipinski definition) is 0. The van der Waals surface area contributed by atoms with Gasteiger partial charge in [0.15, 0.2) is 0 Å². The van der Waals surface area contributed by atoms with Crippen molar-refractivity contribution in [3.05, 3.63) is 34.2 Å². The topological polar surface area (TPSA) is 0 Å². The summed E-state index contributed by atoms with van der Waals surface area (Å²) < 4.78 is 39.8. The van der Waals surface area contributed by atoms with E-state index in [0.717, 1.165) is 5.56 Å². The van der Waals surface area contributed by atoms with Crippen LogP contribution in [-0.2, 0) is 0 Å². The predicted molar refractivity (Wildman–Crippen MR) is 67.2 cm³/mol. The number of alkyl halides is 3. The maximum atomic E-state index is 13.3. The van der Waals surface area contributed by atoms with Gasteiger partial charge in [-0.2, -0.15) is 13.2 Å². The fourth-order valence-electron chi connectivity index (χ4n) is 2.04. The number of fused-ring (bicyclic) bond motifs is 1. The Kier molecular flexibility index (Phi) is 2.99. The Morgan fingerprint density at radius 3 is 2.47 bits per heavy atom. The van der Waals surface area contributed by atoms with Crippen molar-refractivity contribution in [2.75, 3.05) is 0 Å². The standard InChI is InChI=1S/C12H12ClF3S/c1-3-9-7-10-8(2)5-4-6-11(10)17(9,13)12(14,15)16/h4-7H,3H2,1-2H3. The minimum absolute atomic E-state index is 0.239. The summed E-state index contributed by atoms with van der Waals surface area (Å²) in [6.07, 6.45) is 1.94. The Labute approximate surface area is 104 Å². The Morgan fingerprint density at radius 1 is 1.29 bits per heavy atom. The molecule has 0 aromatic heterocycles. The lowest BCUT2D eigenvalue weighted by molar-refractivity contribution is -0.0359. The molecule has 94 valence electrons. The van der Waals surface area contributed by atoms with Gasteiger partial charge in [0.05, 0.1) is 0 Å². The molecule has 0 aliphatic carbocycles. The molecule has 0 amide bonds. The zero-order valence-electron chi connectivity index (χ0n) is 9.44. The molecule has 0 spiro atoms. The molecule has 2 rings (SSSR count). The van der Waals surface area contributed by atoms with Gasteiger partial charge in [-0.25, -0.2) is 0 Å². The zero-order chi connectivity index (χ0) is 12.8. The third kappa shape index (κ3) is 1.69. The Bertz CT molecular complexity index is 493. The highest BCUT2D eigenvalue weighted by molar-refractivity contribution is 8.54. The molecule has 0 fully saturated rings. The van der Waals surface area contributed by atoms with E-state index in [1.54, 1.807) is 32.1 Å². The number of benzene rings is 1. The first-order valence-electron chi connectivity index (χ1n) is 5.22. The third-order valence-corrected chi connectivity index (χ3v) is 7.27. The first kappa shape index (κ1) is 12.8. The summed E-state index contributed by atoms with van der Waals surface area (Å²) in [6, 6.07) is 4.94. The molecule has 0 bridgehead atoms. The average Bonchev–Trinajstić information content (AvgIpc) is 2.54. The largest absolute Gasteiger partial charge is 0.445 e. The van der Waals surface area contributed by atoms with Crippen molar-refractivity contribution >= 4 is 26.0 Å². The predicted octanol–water partition coefficient (Wildman–Crippen LogP) is 5.60. The highest BCUT2D eigenvalue weighted by Crippen LogP contribution is 2.80. The number of hydrogen-bond acceptors (Lipinski definition) is 0. The first-order valence-corrected chi connectivity index (χ1v) is 7.67. The maximum Gasteiger partial charge on any atom is 0.445 e. The number of allylic oxidation sites excluding steroid dienone is 1. The van der Waals surface area contributed by atoms with Crippen LogP contribution in [0.1, 0.15) is 24.5 Å². The van der Waals surface area contributed by atoms with E-state index in [4.69, 9.17) is 10.7 Å². The summed E-state index contributed by atoms with van der Waals surface area (Å²) in [7, 11) is 2.65. The summed E-state index contributed by atoms with van der Waals surface area (Å²) in [4.78, 5) is 0.541. The number of rotatable bonds is 1. The fourth-order valence-corrected chi connectivity index (χ4v) is 5.20. The van der Waals surface area contributed by atoms with E-state index < -0.39 is 14.7 Å². The van der Waals surface area contributed by atoms with Gasteiger partial charge in [-0.1, -0.05) is 19.1 Å². The third-order valence-electron chi connectivity index (χ3n) is 2.92. The van der Waals surface area contributed by atoms with Crippen LogP contribution in [0.25, 0.3) is 6.08 Å². The fraction of sp³-hybridized carbons (Fsp3) is 0.333. The Balaban J connectivity index is 2.72. The van der Waals surface area contributed by atoms with E-state index in [2.05, 4.69) is 0 Å². The second-order valence-electron chi connectivity index (χ2n) is 3.93. The minimum atomic E-state index is -4.39. The van der Waals surface area contributed by atoms with Crippen LogP contribution in [-0.4, -0.2) is 5.51 Å². The SMILES string of the molecule is CCC1=Cc2c(C)cccc2S1(Cl)C(F)(F)F. The first-order chi connectivity index (χ1) is 7.82. The van der Waals surface area contributed by atoms with Crippen molar-refractivity contribution < 1.29 is 13.2 Å². The van der Waals surface area contributed by atoms with Crippen LogP contribution < -0.4 is 0 Å². The molecule has 1 heterocycles. The molecule has 17 heavy (non-hydrogen) atoms. The van der Waals surface area contributed by atoms with Crippen molar-refractivity contribution in [2.45, 2.75) is 30.7 Å². The van der Waals surface area contributed by atoms with Crippen LogP contribution in [0.3, 0.4) is 0 Å². The lowest BCUT2D eigenvalue weighted by atomic mass is 10.1. The molecule has 1 aliphatic rings. The molecule has 0 nitrogen and oxygen atoms in total. The zero-order valence-corrected chi connectivity index (χ0v) is 11.0. The monoisotopic (exact) mass is 280 g/mol. The Hall–Kier alpha value is -0.610.